The number of benzene rings is 2. The Kier molecular flexibility index (Phi) is 7.15. The van der Waals surface area contributed by atoms with E-state index in [2.05, 4.69) is 15.5 Å². The average Bonchev–Trinajstić information content (AvgIpc) is 3.19. The Labute approximate surface area is 174 Å². The maximum absolute atomic E-state index is 12.2. The number of amides is 1. The first-order valence-electron chi connectivity index (χ1n) is 9.65. The van der Waals surface area contributed by atoms with Crippen LogP contribution in [-0.4, -0.2) is 35.2 Å². The third-order valence-corrected chi connectivity index (χ3v) is 4.13. The van der Waals surface area contributed by atoms with Crippen molar-refractivity contribution >= 4 is 17.6 Å². The lowest BCUT2D eigenvalue weighted by Crippen LogP contribution is -2.20. The summed E-state index contributed by atoms with van der Waals surface area (Å²) in [6.07, 6.45) is 1.79. The fraction of sp³-hybridized carbons (Fsp3) is 0.273. The second-order valence-electron chi connectivity index (χ2n) is 6.57. The van der Waals surface area contributed by atoms with Crippen LogP contribution in [-0.2, 0) is 9.53 Å². The van der Waals surface area contributed by atoms with Crippen molar-refractivity contribution in [1.29, 1.82) is 0 Å². The van der Waals surface area contributed by atoms with Crippen molar-refractivity contribution < 1.29 is 23.6 Å². The molecule has 0 fully saturated rings. The van der Waals surface area contributed by atoms with Gasteiger partial charge in [-0.15, -0.1) is 0 Å². The van der Waals surface area contributed by atoms with Gasteiger partial charge in [0.1, 0.15) is 5.75 Å². The molecule has 0 aliphatic rings. The normalized spacial score (nSPS) is 10.5. The number of nitrogens with zero attached hydrogens (tertiary/aromatic N) is 2. The highest BCUT2D eigenvalue weighted by atomic mass is 16.5. The minimum absolute atomic E-state index is 0.171. The zero-order valence-electron chi connectivity index (χ0n) is 16.9. The number of esters is 1. The molecule has 30 heavy (non-hydrogen) atoms. The quantitative estimate of drug-likeness (QED) is 0.420. The molecule has 3 rings (SSSR count). The van der Waals surface area contributed by atoms with Crippen molar-refractivity contribution in [1.82, 2.24) is 10.1 Å². The number of aryl methyl sites for hydroxylation is 1. The van der Waals surface area contributed by atoms with Crippen LogP contribution in [0.5, 0.6) is 5.75 Å². The summed E-state index contributed by atoms with van der Waals surface area (Å²) in [5, 5.41) is 6.59. The van der Waals surface area contributed by atoms with Gasteiger partial charge >= 0.3 is 5.97 Å². The molecule has 1 aromatic heterocycles. The fourth-order valence-electron chi connectivity index (χ4n) is 2.57. The summed E-state index contributed by atoms with van der Waals surface area (Å²) >= 11 is 0. The van der Waals surface area contributed by atoms with E-state index < -0.39 is 0 Å². The van der Waals surface area contributed by atoms with Gasteiger partial charge in [-0.25, -0.2) is 4.79 Å². The number of carbonyl (C=O) groups excluding carboxylic acids is 2. The maximum atomic E-state index is 12.2. The smallest absolute Gasteiger partial charge is 0.338 e. The van der Waals surface area contributed by atoms with E-state index in [1.165, 1.54) is 0 Å². The van der Waals surface area contributed by atoms with Gasteiger partial charge in [0.25, 0.3) is 5.91 Å². The highest BCUT2D eigenvalue weighted by molar-refractivity contribution is 5.93. The zero-order valence-corrected chi connectivity index (χ0v) is 16.9. The first-order valence-corrected chi connectivity index (χ1v) is 9.65. The van der Waals surface area contributed by atoms with E-state index in [4.69, 9.17) is 14.0 Å². The van der Waals surface area contributed by atoms with Crippen LogP contribution in [0.25, 0.3) is 11.4 Å². The second kappa shape index (κ2) is 10.2. The molecule has 8 heteroatoms. The Morgan fingerprint density at radius 1 is 1.13 bits per heavy atom. The molecule has 8 nitrogen and oxygen atoms in total. The van der Waals surface area contributed by atoms with Crippen LogP contribution in [0, 0.1) is 6.92 Å². The summed E-state index contributed by atoms with van der Waals surface area (Å²) in [5.41, 5.74) is 1.73. The molecule has 0 unspecified atom stereocenters. The van der Waals surface area contributed by atoms with Crippen LogP contribution in [0.4, 0.5) is 5.69 Å². The molecule has 0 bridgehead atoms. The molecular formula is C22H23N3O5. The van der Waals surface area contributed by atoms with Gasteiger partial charge in [0, 0.05) is 18.2 Å². The molecule has 2 aromatic carbocycles. The fourth-order valence-corrected chi connectivity index (χ4v) is 2.57. The summed E-state index contributed by atoms with van der Waals surface area (Å²) < 4.78 is 15.7. The lowest BCUT2D eigenvalue weighted by Gasteiger charge is -2.09. The summed E-state index contributed by atoms with van der Waals surface area (Å²) in [6, 6.07) is 13.6. The van der Waals surface area contributed by atoms with Gasteiger partial charge in [-0.1, -0.05) is 30.6 Å². The Morgan fingerprint density at radius 3 is 2.63 bits per heavy atom. The molecule has 0 spiro atoms. The Hall–Kier alpha value is -3.68. The predicted octanol–water partition coefficient (Wildman–Crippen LogP) is 4.02. The first-order chi connectivity index (χ1) is 14.5. The Bertz CT molecular complexity index is 998. The van der Waals surface area contributed by atoms with Crippen molar-refractivity contribution in [3.05, 3.63) is 60.0 Å². The average molecular weight is 409 g/mol. The number of aromatic nitrogens is 2. The van der Waals surface area contributed by atoms with Crippen LogP contribution in [0.2, 0.25) is 0 Å². The van der Waals surface area contributed by atoms with Crippen molar-refractivity contribution in [3.63, 3.8) is 0 Å². The molecule has 0 radical (unpaired) electrons. The second-order valence-corrected chi connectivity index (χ2v) is 6.57. The van der Waals surface area contributed by atoms with Gasteiger partial charge in [-0.3, -0.25) is 4.79 Å². The monoisotopic (exact) mass is 409 g/mol. The molecule has 1 amide bonds. The van der Waals surface area contributed by atoms with Crippen molar-refractivity contribution in [2.75, 3.05) is 18.5 Å². The summed E-state index contributed by atoms with van der Waals surface area (Å²) in [5.74, 6) is 0.734. The Morgan fingerprint density at radius 2 is 1.93 bits per heavy atom. The van der Waals surface area contributed by atoms with Gasteiger partial charge in [0.15, 0.2) is 6.61 Å². The number of anilines is 1. The molecule has 1 N–H and O–H groups in total. The van der Waals surface area contributed by atoms with Gasteiger partial charge < -0.3 is 19.3 Å². The zero-order chi connectivity index (χ0) is 21.3. The number of unbranched alkanes of at least 4 members (excludes halogenated alkanes) is 1. The van der Waals surface area contributed by atoms with E-state index in [1.807, 2.05) is 13.0 Å². The van der Waals surface area contributed by atoms with Crippen LogP contribution in [0.15, 0.2) is 53.1 Å². The van der Waals surface area contributed by atoms with E-state index in [9.17, 15) is 9.59 Å². The number of nitrogens with one attached hydrogen (secondary N) is 1. The lowest BCUT2D eigenvalue weighted by atomic mass is 10.2. The third-order valence-electron chi connectivity index (χ3n) is 4.13. The van der Waals surface area contributed by atoms with Crippen molar-refractivity contribution in [3.8, 4) is 17.1 Å². The number of hydrogen-bond acceptors (Lipinski definition) is 7. The van der Waals surface area contributed by atoms with Gasteiger partial charge in [0.2, 0.25) is 11.7 Å². The van der Waals surface area contributed by atoms with Gasteiger partial charge in [0.05, 0.1) is 12.2 Å². The van der Waals surface area contributed by atoms with Crippen LogP contribution >= 0.6 is 0 Å². The molecule has 0 saturated heterocycles. The lowest BCUT2D eigenvalue weighted by molar-refractivity contribution is -0.118. The first kappa shape index (κ1) is 21.0. The van der Waals surface area contributed by atoms with E-state index in [1.54, 1.807) is 49.4 Å². The molecule has 0 aliphatic heterocycles. The molecular weight excluding hydrogens is 386 g/mol. The van der Waals surface area contributed by atoms with E-state index in [0.29, 0.717) is 35.3 Å². The minimum Gasteiger partial charge on any atom is -0.484 e. The molecule has 0 saturated carbocycles. The van der Waals surface area contributed by atoms with Crippen molar-refractivity contribution in [2.45, 2.75) is 26.7 Å². The molecule has 0 aliphatic carbocycles. The van der Waals surface area contributed by atoms with E-state index in [-0.39, 0.29) is 18.5 Å². The number of ether oxygens (including phenoxy) is 2. The topological polar surface area (TPSA) is 104 Å². The number of carbonyl (C=O) groups is 2. The Balaban J connectivity index is 1.51. The summed E-state index contributed by atoms with van der Waals surface area (Å²) in [6.45, 7) is 3.97. The predicted molar refractivity (Wildman–Crippen MR) is 110 cm³/mol. The standard InChI is InChI=1S/C22H23N3O5/c1-3-4-12-28-22(27)16-8-10-18(11-9-16)24-20(26)14-29-19-7-5-6-17(13-19)21-23-15(2)30-25-21/h5-11,13H,3-4,12,14H2,1-2H3,(H,24,26). The van der Waals surface area contributed by atoms with Crippen LogP contribution < -0.4 is 10.1 Å². The minimum atomic E-state index is -0.374. The number of hydrogen-bond donors (Lipinski definition) is 1. The molecule has 3 aromatic rings. The van der Waals surface area contributed by atoms with E-state index >= 15 is 0 Å². The molecule has 1 heterocycles. The van der Waals surface area contributed by atoms with Gasteiger partial charge in [-0.2, -0.15) is 4.98 Å². The van der Waals surface area contributed by atoms with E-state index in [0.717, 1.165) is 18.4 Å². The number of rotatable bonds is 9. The van der Waals surface area contributed by atoms with Crippen LogP contribution in [0.3, 0.4) is 0 Å². The highest BCUT2D eigenvalue weighted by Gasteiger charge is 2.10. The van der Waals surface area contributed by atoms with Crippen LogP contribution in [0.1, 0.15) is 36.0 Å². The molecule has 0 atom stereocenters. The summed E-state index contributed by atoms with van der Waals surface area (Å²) in [4.78, 5) is 28.2. The summed E-state index contributed by atoms with van der Waals surface area (Å²) in [7, 11) is 0. The van der Waals surface area contributed by atoms with Crippen molar-refractivity contribution in [2.24, 2.45) is 0 Å². The maximum Gasteiger partial charge on any atom is 0.338 e. The highest BCUT2D eigenvalue weighted by Crippen LogP contribution is 2.21. The largest absolute Gasteiger partial charge is 0.484 e. The third kappa shape index (κ3) is 5.91. The molecule has 156 valence electrons. The SMILES string of the molecule is CCCCOC(=O)c1ccc(NC(=O)COc2cccc(-c3noc(C)n3)c2)cc1. The van der Waals surface area contributed by atoms with Gasteiger partial charge in [-0.05, 0) is 42.8 Å².